The zero-order chi connectivity index (χ0) is 13.9. The largest absolute Gasteiger partial charge is 0.383 e. The molecule has 1 saturated heterocycles. The molecule has 1 aliphatic heterocycles. The van der Waals surface area contributed by atoms with Crippen molar-refractivity contribution in [3.05, 3.63) is 0 Å². The van der Waals surface area contributed by atoms with E-state index in [-0.39, 0.29) is 5.91 Å². The maximum absolute atomic E-state index is 12.1. The molecular formula is C13H23N3O2S. The van der Waals surface area contributed by atoms with Crippen LogP contribution in [0.4, 0.5) is 0 Å². The average molecular weight is 285 g/mol. The molecule has 1 rings (SSSR count). The Morgan fingerprint density at radius 1 is 1.47 bits per heavy atom. The van der Waals surface area contributed by atoms with Gasteiger partial charge in [-0.25, -0.2) is 0 Å². The number of piperidine rings is 1. The number of thioether (sulfide) groups is 1. The molecule has 0 unspecified atom stereocenters. The highest BCUT2D eigenvalue weighted by atomic mass is 32.2. The molecule has 108 valence electrons. The third kappa shape index (κ3) is 6.81. The van der Waals surface area contributed by atoms with Gasteiger partial charge in [-0.15, -0.1) is 11.8 Å². The van der Waals surface area contributed by atoms with Gasteiger partial charge in [0.25, 0.3) is 0 Å². The van der Waals surface area contributed by atoms with Gasteiger partial charge < -0.3 is 15.0 Å². The molecule has 0 atom stereocenters. The summed E-state index contributed by atoms with van der Waals surface area (Å²) in [7, 11) is 1.62. The zero-order valence-electron chi connectivity index (χ0n) is 11.6. The first-order valence-electron chi connectivity index (χ1n) is 6.74. The summed E-state index contributed by atoms with van der Waals surface area (Å²) in [6, 6.07) is 2.09. The number of nitriles is 1. The van der Waals surface area contributed by atoms with Gasteiger partial charge >= 0.3 is 0 Å². The summed E-state index contributed by atoms with van der Waals surface area (Å²) < 4.78 is 5.01. The van der Waals surface area contributed by atoms with Crippen LogP contribution >= 0.6 is 11.8 Å². The first-order chi connectivity index (χ1) is 9.27. The first kappa shape index (κ1) is 16.3. The van der Waals surface area contributed by atoms with Crippen LogP contribution in [-0.4, -0.2) is 61.7 Å². The van der Waals surface area contributed by atoms with E-state index in [1.807, 2.05) is 0 Å². The normalized spacial score (nSPS) is 16.0. The molecule has 0 saturated carbocycles. The molecule has 0 aromatic rings. The van der Waals surface area contributed by atoms with Gasteiger partial charge in [0.2, 0.25) is 5.91 Å². The van der Waals surface area contributed by atoms with E-state index in [1.165, 1.54) is 0 Å². The van der Waals surface area contributed by atoms with Crippen molar-refractivity contribution in [1.29, 1.82) is 5.26 Å². The molecule has 1 N–H and O–H groups in total. The average Bonchev–Trinajstić information content (AvgIpc) is 2.46. The van der Waals surface area contributed by atoms with Gasteiger partial charge in [0.05, 0.1) is 24.8 Å². The van der Waals surface area contributed by atoms with Crippen LogP contribution in [0.15, 0.2) is 0 Å². The minimum absolute atomic E-state index is 0.121. The highest BCUT2D eigenvalue weighted by Crippen LogP contribution is 2.20. The summed E-state index contributed by atoms with van der Waals surface area (Å²) in [4.78, 5) is 13.9. The van der Waals surface area contributed by atoms with Crippen molar-refractivity contribution in [2.45, 2.75) is 24.5 Å². The molecule has 1 amide bonds. The first-order valence-corrected chi connectivity index (χ1v) is 7.78. The van der Waals surface area contributed by atoms with Gasteiger partial charge in [-0.1, -0.05) is 0 Å². The molecule has 0 spiro atoms. The maximum atomic E-state index is 12.1. The molecule has 1 fully saturated rings. The van der Waals surface area contributed by atoms with Crippen LogP contribution in [0.5, 0.6) is 0 Å². The molecule has 0 aromatic heterocycles. The minimum atomic E-state index is 0.121. The highest BCUT2D eigenvalue weighted by Gasteiger charge is 2.18. The van der Waals surface area contributed by atoms with Gasteiger partial charge in [-0.05, 0) is 25.9 Å². The number of nitrogens with one attached hydrogen (secondary N) is 1. The van der Waals surface area contributed by atoms with Gasteiger partial charge in [0.1, 0.15) is 0 Å². The summed E-state index contributed by atoms with van der Waals surface area (Å²) in [5.41, 5.74) is 0. The SMILES string of the molecule is COCCN(CCC#N)C(=O)CSC1CCNCC1. The number of rotatable bonds is 8. The molecule has 1 aliphatic rings. The second-order valence-electron chi connectivity index (χ2n) is 4.54. The second kappa shape index (κ2) is 10.1. The van der Waals surface area contributed by atoms with Crippen LogP contribution in [0.2, 0.25) is 0 Å². The van der Waals surface area contributed by atoms with Crippen LogP contribution in [0.25, 0.3) is 0 Å². The Kier molecular flexibility index (Phi) is 8.63. The van der Waals surface area contributed by atoms with Gasteiger partial charge in [-0.3, -0.25) is 4.79 Å². The van der Waals surface area contributed by atoms with E-state index in [0.717, 1.165) is 25.9 Å². The fourth-order valence-electron chi connectivity index (χ4n) is 1.99. The molecule has 0 aromatic carbocycles. The van der Waals surface area contributed by atoms with Gasteiger partial charge in [0, 0.05) is 25.4 Å². The highest BCUT2D eigenvalue weighted by molar-refractivity contribution is 8.00. The molecule has 6 heteroatoms. The molecule has 1 heterocycles. The van der Waals surface area contributed by atoms with Crippen LogP contribution in [0.1, 0.15) is 19.3 Å². The van der Waals surface area contributed by atoms with Crippen LogP contribution in [0.3, 0.4) is 0 Å². The Morgan fingerprint density at radius 3 is 2.84 bits per heavy atom. The van der Waals surface area contributed by atoms with Gasteiger partial charge in [-0.2, -0.15) is 5.26 Å². The lowest BCUT2D eigenvalue weighted by atomic mass is 10.2. The summed E-state index contributed by atoms with van der Waals surface area (Å²) in [5.74, 6) is 0.635. The predicted molar refractivity (Wildman–Crippen MR) is 77.0 cm³/mol. The quantitative estimate of drug-likeness (QED) is 0.716. The van der Waals surface area contributed by atoms with Crippen molar-refractivity contribution < 1.29 is 9.53 Å². The number of carbonyl (C=O) groups excluding carboxylic acids is 1. The number of carbonyl (C=O) groups is 1. The van der Waals surface area contributed by atoms with Crippen molar-refractivity contribution >= 4 is 17.7 Å². The van der Waals surface area contributed by atoms with Crippen molar-refractivity contribution in [2.75, 3.05) is 45.6 Å². The lowest BCUT2D eigenvalue weighted by Crippen LogP contribution is -2.37. The molecule has 19 heavy (non-hydrogen) atoms. The monoisotopic (exact) mass is 285 g/mol. The molecule has 0 aliphatic carbocycles. The summed E-state index contributed by atoms with van der Waals surface area (Å²) in [6.45, 7) is 3.70. The molecular weight excluding hydrogens is 262 g/mol. The number of amides is 1. The molecule has 5 nitrogen and oxygen atoms in total. The lowest BCUT2D eigenvalue weighted by molar-refractivity contribution is -0.128. The lowest BCUT2D eigenvalue weighted by Gasteiger charge is -2.24. The Balaban J connectivity index is 2.30. The van der Waals surface area contributed by atoms with E-state index < -0.39 is 0 Å². The Morgan fingerprint density at radius 2 is 2.21 bits per heavy atom. The van der Waals surface area contributed by atoms with Crippen LogP contribution in [-0.2, 0) is 9.53 Å². The minimum Gasteiger partial charge on any atom is -0.383 e. The fraction of sp³-hybridized carbons (Fsp3) is 0.846. The number of methoxy groups -OCH3 is 1. The standard InChI is InChI=1S/C13H23N3O2S/c1-18-10-9-16(8-2-5-14)13(17)11-19-12-3-6-15-7-4-12/h12,15H,2-4,6-11H2,1H3. The molecule has 0 radical (unpaired) electrons. The molecule has 0 bridgehead atoms. The number of ether oxygens (including phenoxy) is 1. The summed E-state index contributed by atoms with van der Waals surface area (Å²) in [5, 5.41) is 12.5. The topological polar surface area (TPSA) is 65.4 Å². The van der Waals surface area contributed by atoms with E-state index in [2.05, 4.69) is 11.4 Å². The third-order valence-electron chi connectivity index (χ3n) is 3.14. The summed E-state index contributed by atoms with van der Waals surface area (Å²) >= 11 is 1.75. The van der Waals surface area contributed by atoms with Crippen molar-refractivity contribution in [2.24, 2.45) is 0 Å². The summed E-state index contributed by atoms with van der Waals surface area (Å²) in [6.07, 6.45) is 2.65. The maximum Gasteiger partial charge on any atom is 0.232 e. The van der Waals surface area contributed by atoms with E-state index in [1.54, 1.807) is 23.8 Å². The van der Waals surface area contributed by atoms with Crippen molar-refractivity contribution in [3.8, 4) is 6.07 Å². The van der Waals surface area contributed by atoms with Crippen molar-refractivity contribution in [1.82, 2.24) is 10.2 Å². The van der Waals surface area contributed by atoms with E-state index in [0.29, 0.717) is 37.1 Å². The predicted octanol–water partition coefficient (Wildman–Crippen LogP) is 0.860. The van der Waals surface area contributed by atoms with Crippen LogP contribution < -0.4 is 5.32 Å². The second-order valence-corrected chi connectivity index (χ2v) is 5.83. The van der Waals surface area contributed by atoms with E-state index >= 15 is 0 Å². The number of hydrogen-bond acceptors (Lipinski definition) is 5. The third-order valence-corrected chi connectivity index (χ3v) is 4.50. The van der Waals surface area contributed by atoms with Gasteiger partial charge in [0.15, 0.2) is 0 Å². The Hall–Kier alpha value is -0.770. The Labute approximate surface area is 119 Å². The Bertz CT molecular complexity index is 301. The smallest absolute Gasteiger partial charge is 0.232 e. The fourth-order valence-corrected chi connectivity index (χ4v) is 3.12. The zero-order valence-corrected chi connectivity index (χ0v) is 12.4. The van der Waals surface area contributed by atoms with Crippen LogP contribution in [0, 0.1) is 11.3 Å². The number of nitrogens with zero attached hydrogens (tertiary/aromatic N) is 2. The number of hydrogen-bond donors (Lipinski definition) is 1. The van der Waals surface area contributed by atoms with E-state index in [4.69, 9.17) is 10.00 Å². The van der Waals surface area contributed by atoms with E-state index in [9.17, 15) is 4.79 Å². The van der Waals surface area contributed by atoms with Crippen molar-refractivity contribution in [3.63, 3.8) is 0 Å².